The molecule has 1 saturated carbocycles. The summed E-state index contributed by atoms with van der Waals surface area (Å²) in [6, 6.07) is 0.435. The SMILES string of the molecule is O=C(N1CCCCC1)N1CCC(NC(=O)C2(N3CCCC3)CCCCC2)CC1. The highest BCUT2D eigenvalue weighted by molar-refractivity contribution is 5.86. The van der Waals surface area contributed by atoms with Gasteiger partial charge in [-0.25, -0.2) is 4.79 Å². The van der Waals surface area contributed by atoms with E-state index in [0.29, 0.717) is 0 Å². The van der Waals surface area contributed by atoms with E-state index >= 15 is 0 Å². The van der Waals surface area contributed by atoms with Crippen molar-refractivity contribution < 1.29 is 9.59 Å². The second-order valence-electron chi connectivity index (χ2n) is 9.35. The molecule has 158 valence electrons. The van der Waals surface area contributed by atoms with Crippen LogP contribution in [-0.4, -0.2) is 77.5 Å². The van der Waals surface area contributed by atoms with Gasteiger partial charge in [0.2, 0.25) is 5.91 Å². The third-order valence-corrected chi connectivity index (χ3v) is 7.54. The molecule has 1 aliphatic carbocycles. The predicted molar refractivity (Wildman–Crippen MR) is 110 cm³/mol. The van der Waals surface area contributed by atoms with E-state index in [0.717, 1.165) is 77.8 Å². The summed E-state index contributed by atoms with van der Waals surface area (Å²) in [6.45, 7) is 5.53. The molecule has 0 bridgehead atoms. The molecule has 3 saturated heterocycles. The number of hydrogen-bond acceptors (Lipinski definition) is 3. The summed E-state index contributed by atoms with van der Waals surface area (Å²) in [7, 11) is 0. The molecule has 0 aromatic heterocycles. The van der Waals surface area contributed by atoms with Crippen LogP contribution in [0.3, 0.4) is 0 Å². The van der Waals surface area contributed by atoms with Gasteiger partial charge in [-0.1, -0.05) is 19.3 Å². The molecule has 0 atom stereocenters. The Morgan fingerprint density at radius 1 is 0.679 bits per heavy atom. The van der Waals surface area contributed by atoms with Gasteiger partial charge in [-0.05, 0) is 70.9 Å². The van der Waals surface area contributed by atoms with Gasteiger partial charge >= 0.3 is 6.03 Å². The maximum absolute atomic E-state index is 13.4. The van der Waals surface area contributed by atoms with Crippen LogP contribution >= 0.6 is 0 Å². The minimum absolute atomic E-state index is 0.213. The lowest BCUT2D eigenvalue weighted by Crippen LogP contribution is -2.61. The van der Waals surface area contributed by atoms with Gasteiger partial charge in [0.25, 0.3) is 0 Å². The van der Waals surface area contributed by atoms with Crippen LogP contribution in [0.1, 0.15) is 77.0 Å². The minimum Gasteiger partial charge on any atom is -0.352 e. The Morgan fingerprint density at radius 3 is 1.86 bits per heavy atom. The summed E-state index contributed by atoms with van der Waals surface area (Å²) in [5.41, 5.74) is -0.254. The van der Waals surface area contributed by atoms with E-state index in [1.54, 1.807) is 0 Å². The van der Waals surface area contributed by atoms with E-state index in [4.69, 9.17) is 0 Å². The zero-order valence-corrected chi connectivity index (χ0v) is 17.5. The van der Waals surface area contributed by atoms with Crippen molar-refractivity contribution in [2.45, 2.75) is 88.6 Å². The van der Waals surface area contributed by atoms with Crippen LogP contribution in [0.15, 0.2) is 0 Å². The molecule has 28 heavy (non-hydrogen) atoms. The fraction of sp³-hybridized carbons (Fsp3) is 0.909. The molecule has 0 aromatic carbocycles. The lowest BCUT2D eigenvalue weighted by atomic mass is 9.79. The van der Waals surface area contributed by atoms with E-state index < -0.39 is 0 Å². The van der Waals surface area contributed by atoms with Crippen LogP contribution in [0.4, 0.5) is 4.79 Å². The Kier molecular flexibility index (Phi) is 6.44. The van der Waals surface area contributed by atoms with Gasteiger partial charge in [0.05, 0.1) is 0 Å². The van der Waals surface area contributed by atoms with E-state index in [9.17, 15) is 9.59 Å². The Morgan fingerprint density at radius 2 is 1.21 bits per heavy atom. The zero-order chi connectivity index (χ0) is 19.4. The average Bonchev–Trinajstić information content (AvgIpc) is 3.30. The van der Waals surface area contributed by atoms with Gasteiger partial charge in [-0.2, -0.15) is 0 Å². The second-order valence-corrected chi connectivity index (χ2v) is 9.35. The molecule has 4 rings (SSSR count). The van der Waals surface area contributed by atoms with Crippen molar-refractivity contribution in [1.82, 2.24) is 20.0 Å². The first-order valence-corrected chi connectivity index (χ1v) is 11.8. The number of urea groups is 1. The number of nitrogens with zero attached hydrogens (tertiary/aromatic N) is 3. The molecular formula is C22H38N4O2. The Balaban J connectivity index is 1.30. The van der Waals surface area contributed by atoms with Crippen LogP contribution in [0.2, 0.25) is 0 Å². The molecule has 0 spiro atoms. The molecule has 3 heterocycles. The molecular weight excluding hydrogens is 352 g/mol. The van der Waals surface area contributed by atoms with Gasteiger partial charge in [-0.15, -0.1) is 0 Å². The first kappa shape index (κ1) is 20.0. The van der Waals surface area contributed by atoms with Crippen molar-refractivity contribution in [3.63, 3.8) is 0 Å². The summed E-state index contributed by atoms with van der Waals surface area (Å²) < 4.78 is 0. The van der Waals surface area contributed by atoms with Gasteiger partial charge in [0.15, 0.2) is 0 Å². The van der Waals surface area contributed by atoms with Crippen molar-refractivity contribution in [2.24, 2.45) is 0 Å². The molecule has 6 nitrogen and oxygen atoms in total. The third-order valence-electron chi connectivity index (χ3n) is 7.54. The Labute approximate surface area is 170 Å². The second kappa shape index (κ2) is 9.02. The standard InChI is InChI=1S/C22H38N4O2/c27-20(22(11-3-1-4-12-22)26-15-7-8-16-26)23-19-9-17-25(18-10-19)21(28)24-13-5-2-6-14-24/h19H,1-18H2,(H,23,27). The number of likely N-dealkylation sites (tertiary alicyclic amines) is 3. The minimum atomic E-state index is -0.254. The molecule has 0 unspecified atom stereocenters. The maximum Gasteiger partial charge on any atom is 0.319 e. The monoisotopic (exact) mass is 390 g/mol. The smallest absolute Gasteiger partial charge is 0.319 e. The summed E-state index contributed by atoms with van der Waals surface area (Å²) in [5.74, 6) is 0.273. The average molecular weight is 391 g/mol. The highest BCUT2D eigenvalue weighted by Gasteiger charge is 2.46. The highest BCUT2D eigenvalue weighted by atomic mass is 16.2. The van der Waals surface area contributed by atoms with E-state index in [1.807, 2.05) is 9.80 Å². The van der Waals surface area contributed by atoms with Crippen LogP contribution in [0.25, 0.3) is 0 Å². The molecule has 1 N–H and O–H groups in total. The highest BCUT2D eigenvalue weighted by Crippen LogP contribution is 2.36. The van der Waals surface area contributed by atoms with Crippen LogP contribution < -0.4 is 5.32 Å². The van der Waals surface area contributed by atoms with Crippen molar-refractivity contribution in [3.8, 4) is 0 Å². The van der Waals surface area contributed by atoms with Crippen molar-refractivity contribution in [1.29, 1.82) is 0 Å². The number of carbonyl (C=O) groups excluding carboxylic acids is 2. The normalized spacial score (nSPS) is 27.0. The van der Waals surface area contributed by atoms with Crippen LogP contribution in [-0.2, 0) is 4.79 Å². The molecule has 0 radical (unpaired) electrons. The quantitative estimate of drug-likeness (QED) is 0.806. The number of hydrogen-bond donors (Lipinski definition) is 1. The van der Waals surface area contributed by atoms with Gasteiger partial charge in [0, 0.05) is 32.2 Å². The third kappa shape index (κ3) is 4.17. The number of rotatable bonds is 3. The Hall–Kier alpha value is -1.30. The van der Waals surface area contributed by atoms with Gasteiger partial charge in [-0.3, -0.25) is 9.69 Å². The predicted octanol–water partition coefficient (Wildman–Crippen LogP) is 2.97. The molecule has 3 amide bonds. The van der Waals surface area contributed by atoms with Gasteiger partial charge in [0.1, 0.15) is 5.54 Å². The van der Waals surface area contributed by atoms with E-state index in [1.165, 1.54) is 38.5 Å². The Bertz CT molecular complexity index is 541. The number of carbonyl (C=O) groups is 2. The van der Waals surface area contributed by atoms with Crippen molar-refractivity contribution in [3.05, 3.63) is 0 Å². The fourth-order valence-corrected chi connectivity index (χ4v) is 5.79. The summed E-state index contributed by atoms with van der Waals surface area (Å²) >= 11 is 0. The summed E-state index contributed by atoms with van der Waals surface area (Å²) in [6.07, 6.45) is 13.4. The molecule has 3 aliphatic heterocycles. The molecule has 0 aromatic rings. The van der Waals surface area contributed by atoms with Crippen LogP contribution in [0.5, 0.6) is 0 Å². The van der Waals surface area contributed by atoms with E-state index in [2.05, 4.69) is 10.2 Å². The van der Waals surface area contributed by atoms with E-state index in [-0.39, 0.29) is 23.5 Å². The first-order valence-electron chi connectivity index (χ1n) is 11.8. The topological polar surface area (TPSA) is 55.9 Å². The molecule has 4 fully saturated rings. The lowest BCUT2D eigenvalue weighted by molar-refractivity contribution is -0.136. The number of piperidine rings is 2. The van der Waals surface area contributed by atoms with Crippen molar-refractivity contribution >= 4 is 11.9 Å². The first-order chi connectivity index (χ1) is 13.7. The summed E-state index contributed by atoms with van der Waals surface area (Å²) in [4.78, 5) is 32.6. The molecule has 6 heteroatoms. The summed E-state index contributed by atoms with van der Waals surface area (Å²) in [5, 5.41) is 3.41. The van der Waals surface area contributed by atoms with Gasteiger partial charge < -0.3 is 15.1 Å². The maximum atomic E-state index is 13.4. The molecule has 4 aliphatic rings. The lowest BCUT2D eigenvalue weighted by Gasteiger charge is -2.44. The zero-order valence-electron chi connectivity index (χ0n) is 17.5. The van der Waals surface area contributed by atoms with Crippen LogP contribution in [0, 0.1) is 0 Å². The number of amides is 3. The largest absolute Gasteiger partial charge is 0.352 e. The fourth-order valence-electron chi connectivity index (χ4n) is 5.79. The number of nitrogens with one attached hydrogen (secondary N) is 1. The van der Waals surface area contributed by atoms with Crippen molar-refractivity contribution in [2.75, 3.05) is 39.3 Å².